The summed E-state index contributed by atoms with van der Waals surface area (Å²) in [5.41, 5.74) is 2.04. The highest BCUT2D eigenvalue weighted by atomic mass is 35.5. The van der Waals surface area contributed by atoms with Crippen LogP contribution in [0, 0.1) is 0 Å². The van der Waals surface area contributed by atoms with Crippen molar-refractivity contribution in [2.75, 3.05) is 6.54 Å². The van der Waals surface area contributed by atoms with Gasteiger partial charge in [0.05, 0.1) is 5.52 Å². The highest BCUT2D eigenvalue weighted by Gasteiger charge is 2.11. The summed E-state index contributed by atoms with van der Waals surface area (Å²) in [6.45, 7) is 0.451. The predicted molar refractivity (Wildman–Crippen MR) is 82.6 cm³/mol. The van der Waals surface area contributed by atoms with Crippen LogP contribution >= 0.6 is 11.6 Å². The number of nitrogens with one attached hydrogen (secondary N) is 1. The first-order valence-electron chi connectivity index (χ1n) is 6.70. The molecule has 7 heteroatoms. The largest absolute Gasteiger partial charge is 0.349 e. The molecule has 0 bridgehead atoms. The normalized spacial score (nSPS) is 10.6. The van der Waals surface area contributed by atoms with Crippen LogP contribution in [-0.2, 0) is 6.42 Å². The number of halogens is 1. The Labute approximate surface area is 131 Å². The second-order valence-corrected chi connectivity index (χ2v) is 5.03. The van der Waals surface area contributed by atoms with Crippen molar-refractivity contribution in [3.63, 3.8) is 0 Å². The van der Waals surface area contributed by atoms with Crippen molar-refractivity contribution in [1.29, 1.82) is 0 Å². The van der Waals surface area contributed by atoms with Crippen molar-refractivity contribution in [1.82, 2.24) is 25.5 Å². The quantitative estimate of drug-likeness (QED) is 0.797. The summed E-state index contributed by atoms with van der Waals surface area (Å²) in [6, 6.07) is 10.7. The Kier molecular flexibility index (Phi) is 4.20. The lowest BCUT2D eigenvalue weighted by Crippen LogP contribution is -2.28. The molecule has 1 N–H and O–H groups in total. The van der Waals surface area contributed by atoms with Gasteiger partial charge < -0.3 is 5.32 Å². The van der Waals surface area contributed by atoms with Crippen LogP contribution in [0.15, 0.2) is 42.6 Å². The van der Waals surface area contributed by atoms with Crippen LogP contribution in [-0.4, -0.2) is 32.6 Å². The van der Waals surface area contributed by atoms with Crippen LogP contribution in [0.4, 0.5) is 0 Å². The first kappa shape index (κ1) is 14.3. The number of rotatable bonds is 4. The minimum atomic E-state index is -0.370. The van der Waals surface area contributed by atoms with Crippen LogP contribution in [0.5, 0.6) is 0 Å². The van der Waals surface area contributed by atoms with Gasteiger partial charge in [0.2, 0.25) is 5.82 Å². The van der Waals surface area contributed by atoms with E-state index in [1.807, 2.05) is 18.2 Å². The van der Waals surface area contributed by atoms with Crippen LogP contribution in [0.2, 0.25) is 5.02 Å². The molecule has 0 aliphatic rings. The molecule has 2 heterocycles. The third kappa shape index (κ3) is 3.35. The molecular formula is C15H12ClN5O. The number of benzene rings is 1. The summed E-state index contributed by atoms with van der Waals surface area (Å²) in [7, 11) is 0. The second kappa shape index (κ2) is 6.44. The molecule has 1 aromatic carbocycles. The molecule has 0 aliphatic heterocycles. The van der Waals surface area contributed by atoms with E-state index in [0.717, 1.165) is 5.69 Å². The van der Waals surface area contributed by atoms with Gasteiger partial charge in [0.25, 0.3) is 5.91 Å². The van der Waals surface area contributed by atoms with E-state index in [1.54, 1.807) is 24.4 Å². The molecule has 0 radical (unpaired) electrons. The molecule has 0 spiro atoms. The highest BCUT2D eigenvalue weighted by Crippen LogP contribution is 2.14. The fourth-order valence-corrected chi connectivity index (χ4v) is 2.10. The Balaban J connectivity index is 1.67. The first-order valence-corrected chi connectivity index (χ1v) is 7.08. The number of pyridine rings is 1. The summed E-state index contributed by atoms with van der Waals surface area (Å²) >= 11 is 5.91. The molecule has 0 unspecified atom stereocenters. The van der Waals surface area contributed by atoms with Crippen molar-refractivity contribution < 1.29 is 4.79 Å². The van der Waals surface area contributed by atoms with Crippen LogP contribution in [0.1, 0.15) is 16.3 Å². The van der Waals surface area contributed by atoms with E-state index in [2.05, 4.69) is 25.5 Å². The van der Waals surface area contributed by atoms with Gasteiger partial charge >= 0.3 is 0 Å². The number of nitrogens with zero attached hydrogens (tertiary/aromatic N) is 4. The first-order chi connectivity index (χ1) is 10.7. The minimum Gasteiger partial charge on any atom is -0.349 e. The summed E-state index contributed by atoms with van der Waals surface area (Å²) in [5, 5.41) is 11.1. The Hall–Kier alpha value is -2.60. The van der Waals surface area contributed by atoms with Crippen LogP contribution < -0.4 is 5.32 Å². The number of fused-ring (bicyclic) bond motifs is 1. The minimum absolute atomic E-state index is 0.0239. The lowest BCUT2D eigenvalue weighted by molar-refractivity contribution is 0.0943. The molecule has 3 rings (SSSR count). The average Bonchev–Trinajstić information content (AvgIpc) is 2.55. The van der Waals surface area contributed by atoms with Gasteiger partial charge in [0.1, 0.15) is 5.52 Å². The summed E-state index contributed by atoms with van der Waals surface area (Å²) in [4.78, 5) is 20.4. The van der Waals surface area contributed by atoms with Gasteiger partial charge in [-0.15, -0.1) is 10.2 Å². The molecule has 22 heavy (non-hydrogen) atoms. The Morgan fingerprint density at radius 2 is 2.05 bits per heavy atom. The zero-order valence-electron chi connectivity index (χ0n) is 11.5. The van der Waals surface area contributed by atoms with Crippen molar-refractivity contribution in [3.05, 3.63) is 59.1 Å². The van der Waals surface area contributed by atoms with Crippen molar-refractivity contribution in [2.24, 2.45) is 0 Å². The van der Waals surface area contributed by atoms with Crippen molar-refractivity contribution in [3.8, 4) is 0 Å². The zero-order chi connectivity index (χ0) is 15.4. The van der Waals surface area contributed by atoms with Gasteiger partial charge in [0.15, 0.2) is 0 Å². The van der Waals surface area contributed by atoms with Crippen LogP contribution in [0.3, 0.4) is 0 Å². The maximum Gasteiger partial charge on any atom is 0.291 e. The van der Waals surface area contributed by atoms with Gasteiger partial charge in [-0.2, -0.15) is 0 Å². The Bertz CT molecular complexity index is 809. The fourth-order valence-electron chi connectivity index (χ4n) is 1.93. The lowest BCUT2D eigenvalue weighted by Gasteiger charge is -2.04. The zero-order valence-corrected chi connectivity index (χ0v) is 12.3. The summed E-state index contributed by atoms with van der Waals surface area (Å²) in [6.07, 6.45) is 2.36. The van der Waals surface area contributed by atoms with E-state index in [-0.39, 0.29) is 11.7 Å². The Morgan fingerprint density at radius 3 is 2.86 bits per heavy atom. The summed E-state index contributed by atoms with van der Waals surface area (Å²) in [5.74, 6) is -0.346. The monoisotopic (exact) mass is 313 g/mol. The van der Waals surface area contributed by atoms with Gasteiger partial charge in [0, 0.05) is 29.9 Å². The SMILES string of the molecule is O=C(NCCc1ccccn1)c1nnc2ccc(Cl)cc2n1. The molecule has 110 valence electrons. The third-order valence-corrected chi connectivity index (χ3v) is 3.25. The molecule has 0 saturated carbocycles. The van der Waals surface area contributed by atoms with E-state index in [1.165, 1.54) is 0 Å². The van der Waals surface area contributed by atoms with E-state index >= 15 is 0 Å². The van der Waals surface area contributed by atoms with Gasteiger partial charge in [-0.25, -0.2) is 4.98 Å². The Morgan fingerprint density at radius 1 is 1.14 bits per heavy atom. The number of aromatic nitrogens is 4. The van der Waals surface area contributed by atoms with Gasteiger partial charge in [-0.3, -0.25) is 9.78 Å². The number of hydrogen-bond acceptors (Lipinski definition) is 5. The highest BCUT2D eigenvalue weighted by molar-refractivity contribution is 6.31. The van der Waals surface area contributed by atoms with E-state index in [4.69, 9.17) is 11.6 Å². The average molecular weight is 314 g/mol. The molecule has 0 saturated heterocycles. The maximum absolute atomic E-state index is 12.0. The molecule has 0 atom stereocenters. The van der Waals surface area contributed by atoms with Crippen molar-refractivity contribution in [2.45, 2.75) is 6.42 Å². The molecule has 6 nitrogen and oxygen atoms in total. The third-order valence-electron chi connectivity index (χ3n) is 3.01. The number of carbonyl (C=O) groups excluding carboxylic acids is 1. The van der Waals surface area contributed by atoms with Gasteiger partial charge in [-0.1, -0.05) is 17.7 Å². The smallest absolute Gasteiger partial charge is 0.291 e. The summed E-state index contributed by atoms with van der Waals surface area (Å²) < 4.78 is 0. The standard InChI is InChI=1S/C15H12ClN5O/c16-10-4-5-12-13(9-10)19-14(21-20-12)15(22)18-8-6-11-3-1-2-7-17-11/h1-5,7,9H,6,8H2,(H,18,22). The molecule has 0 fully saturated rings. The molecule has 0 aliphatic carbocycles. The van der Waals surface area contributed by atoms with Crippen molar-refractivity contribution >= 4 is 28.5 Å². The predicted octanol–water partition coefficient (Wildman–Crippen LogP) is 2.05. The number of carbonyl (C=O) groups is 1. The molecule has 2 aromatic heterocycles. The topological polar surface area (TPSA) is 80.7 Å². The second-order valence-electron chi connectivity index (χ2n) is 4.60. The van der Waals surface area contributed by atoms with E-state index in [9.17, 15) is 4.79 Å². The lowest BCUT2D eigenvalue weighted by atomic mass is 10.3. The molecule has 3 aromatic rings. The van der Waals surface area contributed by atoms with Gasteiger partial charge in [-0.05, 0) is 30.3 Å². The molecular weight excluding hydrogens is 302 g/mol. The van der Waals surface area contributed by atoms with Crippen LogP contribution in [0.25, 0.3) is 11.0 Å². The number of hydrogen-bond donors (Lipinski definition) is 1. The molecule has 1 amide bonds. The fraction of sp³-hybridized carbons (Fsp3) is 0.133. The van der Waals surface area contributed by atoms with E-state index in [0.29, 0.717) is 29.0 Å². The number of amides is 1. The van der Waals surface area contributed by atoms with E-state index < -0.39 is 0 Å². The maximum atomic E-state index is 12.0.